The lowest BCUT2D eigenvalue weighted by molar-refractivity contribution is -0.191. The molecule has 12 heavy (non-hydrogen) atoms. The molecule has 0 saturated heterocycles. The van der Waals surface area contributed by atoms with Crippen LogP contribution in [0.5, 0.6) is 0 Å². The van der Waals surface area contributed by atoms with Crippen LogP contribution in [-0.4, -0.2) is 6.15 Å². The Labute approximate surface area is 79.7 Å². The number of alkyl halides is 1. The molecule has 3 heteroatoms. The SMILES string of the molecule is Cc1ccccc1CBr.O=C=O. The molecule has 0 aliphatic rings. The smallest absolute Gasteiger partial charge is 0.186 e. The van der Waals surface area contributed by atoms with Crippen molar-refractivity contribution < 1.29 is 9.59 Å². The van der Waals surface area contributed by atoms with E-state index in [9.17, 15) is 0 Å². The van der Waals surface area contributed by atoms with E-state index in [1.807, 2.05) is 0 Å². The summed E-state index contributed by atoms with van der Waals surface area (Å²) >= 11 is 3.41. The molecule has 0 aliphatic heterocycles. The molecule has 0 spiro atoms. The molecule has 1 aromatic rings. The Morgan fingerprint density at radius 3 is 2.17 bits per heavy atom. The van der Waals surface area contributed by atoms with Crippen LogP contribution in [0.3, 0.4) is 0 Å². The van der Waals surface area contributed by atoms with Gasteiger partial charge in [0.2, 0.25) is 0 Å². The van der Waals surface area contributed by atoms with Crippen molar-refractivity contribution in [2.45, 2.75) is 12.3 Å². The number of aryl methyl sites for hydroxylation is 1. The predicted octanol–water partition coefficient (Wildman–Crippen LogP) is 2.31. The lowest BCUT2D eigenvalue weighted by atomic mass is 10.1. The summed E-state index contributed by atoms with van der Waals surface area (Å²) in [5.41, 5.74) is 2.73. The van der Waals surface area contributed by atoms with Gasteiger partial charge in [-0.3, -0.25) is 0 Å². The second-order valence-corrected chi connectivity index (χ2v) is 2.70. The fourth-order valence-electron chi connectivity index (χ4n) is 0.760. The summed E-state index contributed by atoms with van der Waals surface area (Å²) in [6.07, 6.45) is 0.250. The molecule has 0 amide bonds. The van der Waals surface area contributed by atoms with Gasteiger partial charge >= 0.3 is 6.15 Å². The Balaban J connectivity index is 0.000000354. The Hall–Kier alpha value is -0.920. The number of carbonyl (C=O) groups excluding carboxylic acids is 2. The van der Waals surface area contributed by atoms with E-state index in [-0.39, 0.29) is 6.15 Å². The molecule has 0 radical (unpaired) electrons. The number of hydrogen-bond acceptors (Lipinski definition) is 2. The quantitative estimate of drug-likeness (QED) is 0.692. The lowest BCUT2D eigenvalue weighted by Gasteiger charge is -1.97. The van der Waals surface area contributed by atoms with E-state index < -0.39 is 0 Å². The molecule has 64 valence electrons. The Morgan fingerprint density at radius 1 is 1.33 bits per heavy atom. The average Bonchev–Trinajstić information content (AvgIpc) is 2.07. The largest absolute Gasteiger partial charge is 0.373 e. The van der Waals surface area contributed by atoms with Crippen LogP contribution in [-0.2, 0) is 14.9 Å². The van der Waals surface area contributed by atoms with Crippen LogP contribution in [0.4, 0.5) is 0 Å². The maximum Gasteiger partial charge on any atom is 0.373 e. The first-order valence-electron chi connectivity index (χ1n) is 3.36. The van der Waals surface area contributed by atoms with E-state index in [4.69, 9.17) is 9.59 Å². The monoisotopic (exact) mass is 228 g/mol. The fourth-order valence-corrected chi connectivity index (χ4v) is 1.39. The third kappa shape index (κ3) is 4.06. The topological polar surface area (TPSA) is 34.1 Å². The lowest BCUT2D eigenvalue weighted by Crippen LogP contribution is -1.80. The van der Waals surface area contributed by atoms with Crippen molar-refractivity contribution in [2.75, 3.05) is 0 Å². The summed E-state index contributed by atoms with van der Waals surface area (Å²) < 4.78 is 0. The van der Waals surface area contributed by atoms with Gasteiger partial charge in [-0.1, -0.05) is 40.2 Å². The van der Waals surface area contributed by atoms with E-state index in [2.05, 4.69) is 47.1 Å². The zero-order valence-corrected chi connectivity index (χ0v) is 8.30. The van der Waals surface area contributed by atoms with Crippen molar-refractivity contribution in [1.82, 2.24) is 0 Å². The predicted molar refractivity (Wildman–Crippen MR) is 48.8 cm³/mol. The minimum absolute atomic E-state index is 0.250. The summed E-state index contributed by atoms with van der Waals surface area (Å²) in [4.78, 5) is 16.2. The third-order valence-corrected chi connectivity index (χ3v) is 2.01. The molecule has 0 saturated carbocycles. The molecule has 0 aromatic heterocycles. The molecule has 0 fully saturated rings. The van der Waals surface area contributed by atoms with Gasteiger partial charge in [0, 0.05) is 5.33 Å². The molecule has 1 rings (SSSR count). The highest BCUT2D eigenvalue weighted by atomic mass is 79.9. The van der Waals surface area contributed by atoms with Crippen LogP contribution in [0.2, 0.25) is 0 Å². The maximum atomic E-state index is 8.12. The molecule has 0 unspecified atom stereocenters. The van der Waals surface area contributed by atoms with Crippen LogP contribution >= 0.6 is 15.9 Å². The van der Waals surface area contributed by atoms with Crippen LogP contribution < -0.4 is 0 Å². The van der Waals surface area contributed by atoms with Gasteiger partial charge in [0.25, 0.3) is 0 Å². The summed E-state index contributed by atoms with van der Waals surface area (Å²) in [6, 6.07) is 8.37. The second kappa shape index (κ2) is 6.77. The summed E-state index contributed by atoms with van der Waals surface area (Å²) in [5.74, 6) is 0. The van der Waals surface area contributed by atoms with Crippen LogP contribution in [0.1, 0.15) is 11.1 Å². The molecule has 0 bridgehead atoms. The van der Waals surface area contributed by atoms with Crippen molar-refractivity contribution in [3.05, 3.63) is 35.4 Å². The van der Waals surface area contributed by atoms with Crippen molar-refractivity contribution in [2.24, 2.45) is 0 Å². The number of rotatable bonds is 1. The van der Waals surface area contributed by atoms with Gasteiger partial charge in [-0.25, -0.2) is 0 Å². The van der Waals surface area contributed by atoms with Gasteiger partial charge in [0.1, 0.15) is 0 Å². The highest BCUT2D eigenvalue weighted by Gasteiger charge is 1.90. The van der Waals surface area contributed by atoms with Gasteiger partial charge in [-0.15, -0.1) is 0 Å². The van der Waals surface area contributed by atoms with Crippen molar-refractivity contribution >= 4 is 22.1 Å². The Kier molecular flexibility index (Phi) is 6.25. The molecule has 1 aromatic carbocycles. The standard InChI is InChI=1S/C8H9Br.CO2/c1-7-4-2-3-5-8(7)6-9;2-1-3/h2-5H,6H2,1H3;. The highest BCUT2D eigenvalue weighted by Crippen LogP contribution is 2.09. The summed E-state index contributed by atoms with van der Waals surface area (Å²) in [7, 11) is 0. The number of halogens is 1. The normalized spacial score (nSPS) is 7.83. The van der Waals surface area contributed by atoms with Gasteiger partial charge in [0.05, 0.1) is 0 Å². The summed E-state index contributed by atoms with van der Waals surface area (Å²) in [6.45, 7) is 2.12. The van der Waals surface area contributed by atoms with Crippen LogP contribution in [0.25, 0.3) is 0 Å². The molecular weight excluding hydrogens is 220 g/mol. The van der Waals surface area contributed by atoms with Crippen molar-refractivity contribution in [1.29, 1.82) is 0 Å². The van der Waals surface area contributed by atoms with Gasteiger partial charge in [0.15, 0.2) is 0 Å². The Bertz CT molecular complexity index is 265. The van der Waals surface area contributed by atoms with E-state index in [1.54, 1.807) is 0 Å². The van der Waals surface area contributed by atoms with E-state index >= 15 is 0 Å². The average molecular weight is 229 g/mol. The maximum absolute atomic E-state index is 8.12. The molecule has 0 aliphatic carbocycles. The molecule has 2 nitrogen and oxygen atoms in total. The number of hydrogen-bond donors (Lipinski definition) is 0. The fraction of sp³-hybridized carbons (Fsp3) is 0.222. The first kappa shape index (κ1) is 11.1. The minimum atomic E-state index is 0.250. The zero-order chi connectivity index (χ0) is 9.40. The minimum Gasteiger partial charge on any atom is -0.186 e. The zero-order valence-electron chi connectivity index (χ0n) is 6.71. The van der Waals surface area contributed by atoms with E-state index in [0.29, 0.717) is 0 Å². The molecule has 0 N–H and O–H groups in total. The number of benzene rings is 1. The Morgan fingerprint density at radius 2 is 1.83 bits per heavy atom. The summed E-state index contributed by atoms with van der Waals surface area (Å²) in [5, 5.41) is 0.958. The highest BCUT2D eigenvalue weighted by molar-refractivity contribution is 9.08. The second-order valence-electron chi connectivity index (χ2n) is 2.14. The third-order valence-electron chi connectivity index (χ3n) is 1.41. The van der Waals surface area contributed by atoms with Crippen molar-refractivity contribution in [3.63, 3.8) is 0 Å². The van der Waals surface area contributed by atoms with Gasteiger partial charge in [-0.2, -0.15) is 9.59 Å². The molecule has 0 atom stereocenters. The van der Waals surface area contributed by atoms with Gasteiger partial charge in [-0.05, 0) is 18.1 Å². The molecule has 0 heterocycles. The van der Waals surface area contributed by atoms with Crippen LogP contribution in [0.15, 0.2) is 24.3 Å². The van der Waals surface area contributed by atoms with Crippen LogP contribution in [0, 0.1) is 6.92 Å². The van der Waals surface area contributed by atoms with Crippen molar-refractivity contribution in [3.8, 4) is 0 Å². The van der Waals surface area contributed by atoms with Gasteiger partial charge < -0.3 is 0 Å². The van der Waals surface area contributed by atoms with E-state index in [1.165, 1.54) is 11.1 Å². The first-order chi connectivity index (χ1) is 5.76. The van der Waals surface area contributed by atoms with E-state index in [0.717, 1.165) is 5.33 Å². The molecular formula is C9H9BrO2. The first-order valence-corrected chi connectivity index (χ1v) is 4.48.